The highest BCUT2D eigenvalue weighted by molar-refractivity contribution is 6.30. The molecule has 0 radical (unpaired) electrons. The second-order valence-corrected chi connectivity index (χ2v) is 6.43. The molecule has 22 heavy (non-hydrogen) atoms. The summed E-state index contributed by atoms with van der Waals surface area (Å²) < 4.78 is 1.78. The third-order valence-corrected chi connectivity index (χ3v) is 4.43. The number of aryl methyl sites for hydroxylation is 1. The third kappa shape index (κ3) is 3.23. The van der Waals surface area contributed by atoms with Crippen LogP contribution in [-0.4, -0.2) is 4.57 Å². The molecule has 1 saturated carbocycles. The van der Waals surface area contributed by atoms with Crippen molar-refractivity contribution in [2.24, 2.45) is 11.8 Å². The fourth-order valence-corrected chi connectivity index (χ4v) is 3.07. The molecule has 0 N–H and O–H groups in total. The lowest BCUT2D eigenvalue weighted by molar-refractivity contribution is 0.575. The van der Waals surface area contributed by atoms with E-state index < -0.39 is 0 Å². The molecule has 2 atom stereocenters. The number of hydrogen-bond donors (Lipinski definition) is 0. The Morgan fingerprint density at radius 1 is 1.32 bits per heavy atom. The second kappa shape index (κ2) is 5.98. The lowest BCUT2D eigenvalue weighted by Gasteiger charge is -2.11. The third-order valence-electron chi connectivity index (χ3n) is 4.20. The maximum Gasteiger partial charge on any atom is 0.251 e. The molecule has 0 unspecified atom stereocenters. The number of nitriles is 1. The molecule has 1 heterocycles. The summed E-state index contributed by atoms with van der Waals surface area (Å²) in [5, 5.41) is 9.58. The summed E-state index contributed by atoms with van der Waals surface area (Å²) >= 11 is 6.00. The molecule has 0 spiro atoms. The number of rotatable bonds is 4. The van der Waals surface area contributed by atoms with Gasteiger partial charge in [-0.25, -0.2) is 0 Å². The fourth-order valence-electron chi connectivity index (χ4n) is 2.86. The molecular formula is C18H17ClN2O. The molecule has 0 amide bonds. The summed E-state index contributed by atoms with van der Waals surface area (Å²) in [6, 6.07) is 13.7. The zero-order chi connectivity index (χ0) is 15.7. The summed E-state index contributed by atoms with van der Waals surface area (Å²) in [7, 11) is 0. The molecule has 1 aliphatic carbocycles. The Hall–Kier alpha value is -2.05. The molecular weight excluding hydrogens is 296 g/mol. The Morgan fingerprint density at radius 2 is 2.14 bits per heavy atom. The first kappa shape index (κ1) is 14.9. The monoisotopic (exact) mass is 312 g/mol. The van der Waals surface area contributed by atoms with E-state index >= 15 is 0 Å². The summed E-state index contributed by atoms with van der Waals surface area (Å²) in [6.07, 6.45) is 1.61. The van der Waals surface area contributed by atoms with Crippen molar-refractivity contribution in [3.05, 3.63) is 68.6 Å². The highest BCUT2D eigenvalue weighted by atomic mass is 35.5. The minimum atomic E-state index is 0.0145. The van der Waals surface area contributed by atoms with Crippen LogP contribution in [0.4, 0.5) is 0 Å². The number of hydrogen-bond acceptors (Lipinski definition) is 2. The number of aromatic nitrogens is 1. The molecule has 1 fully saturated rings. The van der Waals surface area contributed by atoms with Crippen LogP contribution in [0.3, 0.4) is 0 Å². The normalized spacial score (nSPS) is 19.7. The topological polar surface area (TPSA) is 45.8 Å². The van der Waals surface area contributed by atoms with Gasteiger partial charge in [-0.05, 0) is 55.0 Å². The standard InChI is InChI=1S/C18H17ClN2O/c1-12-5-14(6-13-3-2-4-17(19)7-13)8-18(22)21(12)11-16-9-15(16)10-20/h2-5,7-8,15-16H,6,9,11H2,1H3/t15-,16-/m1/s1. The quantitative estimate of drug-likeness (QED) is 0.866. The van der Waals surface area contributed by atoms with Gasteiger partial charge in [-0.2, -0.15) is 5.26 Å². The predicted octanol–water partition coefficient (Wildman–Crippen LogP) is 3.56. The van der Waals surface area contributed by atoms with Crippen molar-refractivity contribution in [3.8, 4) is 6.07 Å². The van der Waals surface area contributed by atoms with Gasteiger partial charge in [0.05, 0.1) is 12.0 Å². The predicted molar refractivity (Wildman–Crippen MR) is 86.9 cm³/mol. The van der Waals surface area contributed by atoms with Gasteiger partial charge in [-0.15, -0.1) is 0 Å². The highest BCUT2D eigenvalue weighted by Gasteiger charge is 2.37. The van der Waals surface area contributed by atoms with Crippen LogP contribution in [-0.2, 0) is 13.0 Å². The summed E-state index contributed by atoms with van der Waals surface area (Å²) in [5.41, 5.74) is 3.05. The number of halogens is 1. The summed E-state index contributed by atoms with van der Waals surface area (Å²) in [5.74, 6) is 0.456. The average molecular weight is 313 g/mol. The molecule has 3 nitrogen and oxygen atoms in total. The molecule has 112 valence electrons. The van der Waals surface area contributed by atoms with Crippen molar-refractivity contribution in [1.82, 2.24) is 4.57 Å². The van der Waals surface area contributed by atoms with E-state index in [1.165, 1.54) is 0 Å². The van der Waals surface area contributed by atoms with Gasteiger partial charge in [0.15, 0.2) is 0 Å². The van der Waals surface area contributed by atoms with E-state index in [0.717, 1.165) is 23.2 Å². The van der Waals surface area contributed by atoms with Crippen LogP contribution in [0.25, 0.3) is 0 Å². The van der Waals surface area contributed by atoms with E-state index in [0.29, 0.717) is 23.9 Å². The summed E-state index contributed by atoms with van der Waals surface area (Å²) in [4.78, 5) is 12.3. The molecule has 3 rings (SSSR count). The van der Waals surface area contributed by atoms with Crippen LogP contribution < -0.4 is 5.56 Å². The number of benzene rings is 1. The van der Waals surface area contributed by atoms with Gasteiger partial charge in [0, 0.05) is 23.3 Å². The Morgan fingerprint density at radius 3 is 2.77 bits per heavy atom. The van der Waals surface area contributed by atoms with Crippen molar-refractivity contribution in [2.45, 2.75) is 26.3 Å². The van der Waals surface area contributed by atoms with E-state index in [-0.39, 0.29) is 11.5 Å². The fraction of sp³-hybridized carbons (Fsp3) is 0.333. The van der Waals surface area contributed by atoms with Gasteiger partial charge in [0.25, 0.3) is 5.56 Å². The van der Waals surface area contributed by atoms with Crippen molar-refractivity contribution in [3.63, 3.8) is 0 Å². The molecule has 1 aliphatic rings. The van der Waals surface area contributed by atoms with Crippen LogP contribution >= 0.6 is 11.6 Å². The Balaban J connectivity index is 1.80. The van der Waals surface area contributed by atoms with Crippen LogP contribution in [0, 0.1) is 30.1 Å². The van der Waals surface area contributed by atoms with Gasteiger partial charge in [0.2, 0.25) is 0 Å². The minimum absolute atomic E-state index is 0.0145. The first-order chi connectivity index (χ1) is 10.6. The van der Waals surface area contributed by atoms with Crippen molar-refractivity contribution in [2.75, 3.05) is 0 Å². The smallest absolute Gasteiger partial charge is 0.251 e. The molecule has 2 aromatic rings. The van der Waals surface area contributed by atoms with Gasteiger partial charge >= 0.3 is 0 Å². The van der Waals surface area contributed by atoms with E-state index in [9.17, 15) is 4.79 Å². The maximum atomic E-state index is 12.3. The molecule has 0 saturated heterocycles. The summed E-state index contributed by atoms with van der Waals surface area (Å²) in [6.45, 7) is 2.60. The largest absolute Gasteiger partial charge is 0.313 e. The molecule has 0 aliphatic heterocycles. The van der Waals surface area contributed by atoms with Gasteiger partial charge < -0.3 is 4.57 Å². The van der Waals surface area contributed by atoms with Crippen LogP contribution in [0.5, 0.6) is 0 Å². The number of nitrogens with zero attached hydrogens (tertiary/aromatic N) is 2. The maximum absolute atomic E-state index is 12.3. The molecule has 4 heteroatoms. The Labute approximate surface area is 134 Å². The molecule has 1 aromatic heterocycles. The number of pyridine rings is 1. The van der Waals surface area contributed by atoms with E-state index in [4.69, 9.17) is 16.9 Å². The average Bonchev–Trinajstić information content (AvgIpc) is 3.21. The Bertz CT molecular complexity index is 803. The zero-order valence-corrected chi connectivity index (χ0v) is 13.2. The van der Waals surface area contributed by atoms with E-state index in [1.807, 2.05) is 37.3 Å². The molecule has 1 aromatic carbocycles. The van der Waals surface area contributed by atoms with E-state index in [1.54, 1.807) is 10.6 Å². The van der Waals surface area contributed by atoms with Crippen LogP contribution in [0.2, 0.25) is 5.02 Å². The molecule has 0 bridgehead atoms. The Kier molecular flexibility index (Phi) is 4.04. The SMILES string of the molecule is Cc1cc(Cc2cccc(Cl)c2)cc(=O)n1C[C@H]1C[C@@H]1C#N. The highest BCUT2D eigenvalue weighted by Crippen LogP contribution is 2.38. The van der Waals surface area contributed by atoms with Gasteiger partial charge in [-0.1, -0.05) is 23.7 Å². The first-order valence-corrected chi connectivity index (χ1v) is 7.79. The van der Waals surface area contributed by atoms with Crippen molar-refractivity contribution >= 4 is 11.6 Å². The lowest BCUT2D eigenvalue weighted by Crippen LogP contribution is -2.23. The first-order valence-electron chi connectivity index (χ1n) is 7.41. The zero-order valence-electron chi connectivity index (χ0n) is 12.4. The van der Waals surface area contributed by atoms with Gasteiger partial charge in [-0.3, -0.25) is 4.79 Å². The van der Waals surface area contributed by atoms with Crippen molar-refractivity contribution < 1.29 is 0 Å². The lowest BCUT2D eigenvalue weighted by atomic mass is 10.1. The van der Waals surface area contributed by atoms with Crippen molar-refractivity contribution in [1.29, 1.82) is 5.26 Å². The van der Waals surface area contributed by atoms with E-state index in [2.05, 4.69) is 6.07 Å². The van der Waals surface area contributed by atoms with Gasteiger partial charge in [0.1, 0.15) is 0 Å². The van der Waals surface area contributed by atoms with Crippen LogP contribution in [0.15, 0.2) is 41.2 Å². The minimum Gasteiger partial charge on any atom is -0.313 e. The second-order valence-electron chi connectivity index (χ2n) is 5.99. The van der Waals surface area contributed by atoms with Crippen LogP contribution in [0.1, 0.15) is 23.2 Å².